The van der Waals surface area contributed by atoms with Gasteiger partial charge in [0.2, 0.25) is 0 Å². The number of benzene rings is 2. The van der Waals surface area contributed by atoms with E-state index in [1.54, 1.807) is 16.8 Å². The van der Waals surface area contributed by atoms with Crippen molar-refractivity contribution in [3.05, 3.63) is 77.1 Å². The molecule has 0 bridgehead atoms. The van der Waals surface area contributed by atoms with Crippen molar-refractivity contribution in [1.29, 1.82) is 0 Å². The number of rotatable bonds is 7. The van der Waals surface area contributed by atoms with Crippen molar-refractivity contribution in [2.45, 2.75) is 32.9 Å². The van der Waals surface area contributed by atoms with Crippen LogP contribution >= 0.6 is 0 Å². The highest BCUT2D eigenvalue weighted by Gasteiger charge is 2.15. The Bertz CT molecular complexity index is 915. The van der Waals surface area contributed by atoms with Gasteiger partial charge in [0.15, 0.2) is 0 Å². The summed E-state index contributed by atoms with van der Waals surface area (Å²) >= 11 is 0. The predicted octanol–water partition coefficient (Wildman–Crippen LogP) is 3.74. The van der Waals surface area contributed by atoms with E-state index in [-0.39, 0.29) is 12.2 Å². The molecule has 0 aliphatic heterocycles. The number of carboxylic acid groups (broad SMARTS) is 1. The molecule has 0 atom stereocenters. The number of carbonyl (C=O) groups is 1. The van der Waals surface area contributed by atoms with Crippen molar-refractivity contribution >= 4 is 5.97 Å². The smallest absolute Gasteiger partial charge is 0.336 e. The van der Waals surface area contributed by atoms with E-state index in [0.717, 1.165) is 35.4 Å². The zero-order valence-corrected chi connectivity index (χ0v) is 14.7. The van der Waals surface area contributed by atoms with Crippen molar-refractivity contribution in [2.24, 2.45) is 0 Å². The highest BCUT2D eigenvalue weighted by molar-refractivity contribution is 5.96. The van der Waals surface area contributed by atoms with E-state index in [0.29, 0.717) is 12.1 Å². The summed E-state index contributed by atoms with van der Waals surface area (Å²) in [6.45, 7) is 2.49. The summed E-state index contributed by atoms with van der Waals surface area (Å²) < 4.78 is 1.80. The van der Waals surface area contributed by atoms with Crippen molar-refractivity contribution in [2.75, 3.05) is 0 Å². The summed E-state index contributed by atoms with van der Waals surface area (Å²) in [4.78, 5) is 11.6. The van der Waals surface area contributed by atoms with Gasteiger partial charge in [0, 0.05) is 0 Å². The third kappa shape index (κ3) is 3.68. The fraction of sp³-hybridized carbons (Fsp3) is 0.238. The van der Waals surface area contributed by atoms with Gasteiger partial charge in [0.05, 0.1) is 30.1 Å². The fourth-order valence-electron chi connectivity index (χ4n) is 3.14. The normalized spacial score (nSPS) is 10.8. The minimum Gasteiger partial charge on any atom is -0.478 e. The number of aromatic nitrogens is 2. The van der Waals surface area contributed by atoms with Gasteiger partial charge in [0.25, 0.3) is 0 Å². The SMILES string of the molecule is CCCc1cc(CO)n(Cc2ccccc2-c2ccccc2C(=O)O)n1. The first-order valence-corrected chi connectivity index (χ1v) is 8.71. The van der Waals surface area contributed by atoms with Gasteiger partial charge in [-0.1, -0.05) is 55.8 Å². The monoisotopic (exact) mass is 350 g/mol. The van der Waals surface area contributed by atoms with Crippen LogP contribution in [-0.2, 0) is 19.6 Å². The summed E-state index contributed by atoms with van der Waals surface area (Å²) in [5.41, 5.74) is 4.50. The number of aromatic carboxylic acids is 1. The van der Waals surface area contributed by atoms with Gasteiger partial charge < -0.3 is 10.2 Å². The maximum absolute atomic E-state index is 11.6. The Morgan fingerprint density at radius 2 is 1.77 bits per heavy atom. The molecule has 3 aromatic rings. The molecule has 26 heavy (non-hydrogen) atoms. The largest absolute Gasteiger partial charge is 0.478 e. The zero-order valence-electron chi connectivity index (χ0n) is 14.7. The lowest BCUT2D eigenvalue weighted by atomic mass is 9.95. The Labute approximate surface area is 152 Å². The molecule has 0 amide bonds. The summed E-state index contributed by atoms with van der Waals surface area (Å²) in [5.74, 6) is -0.948. The molecule has 0 saturated carbocycles. The molecule has 3 rings (SSSR count). The first-order valence-electron chi connectivity index (χ1n) is 8.71. The first-order chi connectivity index (χ1) is 12.6. The summed E-state index contributed by atoms with van der Waals surface area (Å²) in [6.07, 6.45) is 1.86. The Hall–Kier alpha value is -2.92. The number of hydrogen-bond acceptors (Lipinski definition) is 3. The molecule has 0 saturated heterocycles. The average Bonchev–Trinajstić information content (AvgIpc) is 3.04. The van der Waals surface area contributed by atoms with Crippen LogP contribution in [0.5, 0.6) is 0 Å². The lowest BCUT2D eigenvalue weighted by Gasteiger charge is -2.13. The van der Waals surface area contributed by atoms with E-state index >= 15 is 0 Å². The third-order valence-corrected chi connectivity index (χ3v) is 4.37. The minimum absolute atomic E-state index is 0.0788. The maximum Gasteiger partial charge on any atom is 0.336 e. The second-order valence-corrected chi connectivity index (χ2v) is 6.20. The van der Waals surface area contributed by atoms with Gasteiger partial charge in [-0.05, 0) is 35.2 Å². The van der Waals surface area contributed by atoms with Crippen LogP contribution in [0.1, 0.15) is 40.7 Å². The van der Waals surface area contributed by atoms with Gasteiger partial charge in [-0.2, -0.15) is 5.10 Å². The van der Waals surface area contributed by atoms with Gasteiger partial charge in [-0.15, -0.1) is 0 Å². The van der Waals surface area contributed by atoms with E-state index < -0.39 is 5.97 Å². The molecular weight excluding hydrogens is 328 g/mol. The topological polar surface area (TPSA) is 75.4 Å². The van der Waals surface area contributed by atoms with Crippen LogP contribution < -0.4 is 0 Å². The van der Waals surface area contributed by atoms with Crippen molar-refractivity contribution in [3.8, 4) is 11.1 Å². The number of aliphatic hydroxyl groups excluding tert-OH is 1. The van der Waals surface area contributed by atoms with Crippen LogP contribution in [0.4, 0.5) is 0 Å². The van der Waals surface area contributed by atoms with E-state index in [9.17, 15) is 15.0 Å². The minimum atomic E-state index is -0.948. The van der Waals surface area contributed by atoms with E-state index in [2.05, 4.69) is 12.0 Å². The van der Waals surface area contributed by atoms with E-state index in [1.807, 2.05) is 42.5 Å². The molecule has 0 aliphatic carbocycles. The van der Waals surface area contributed by atoms with Gasteiger partial charge in [0.1, 0.15) is 0 Å². The second kappa shape index (κ2) is 7.97. The molecule has 5 heteroatoms. The fourth-order valence-corrected chi connectivity index (χ4v) is 3.14. The predicted molar refractivity (Wildman–Crippen MR) is 100 cm³/mol. The van der Waals surface area contributed by atoms with Crippen molar-refractivity contribution < 1.29 is 15.0 Å². The molecule has 2 aromatic carbocycles. The molecule has 1 heterocycles. The number of aryl methyl sites for hydroxylation is 1. The second-order valence-electron chi connectivity index (χ2n) is 6.20. The standard InChI is InChI=1S/C21H22N2O3/c1-2-7-16-12-17(14-24)23(22-16)13-15-8-3-4-9-18(15)19-10-5-6-11-20(19)21(25)26/h3-6,8-12,24H,2,7,13-14H2,1H3,(H,25,26). The van der Waals surface area contributed by atoms with Gasteiger partial charge in [-0.3, -0.25) is 4.68 Å². The van der Waals surface area contributed by atoms with Crippen LogP contribution in [0.15, 0.2) is 54.6 Å². The lowest BCUT2D eigenvalue weighted by Crippen LogP contribution is -2.08. The molecule has 2 N–H and O–H groups in total. The molecule has 0 aliphatic rings. The molecule has 5 nitrogen and oxygen atoms in total. The quantitative estimate of drug-likeness (QED) is 0.681. The van der Waals surface area contributed by atoms with Crippen LogP contribution in [0.2, 0.25) is 0 Å². The molecule has 134 valence electrons. The summed E-state index contributed by atoms with van der Waals surface area (Å²) in [5, 5.41) is 23.7. The molecule has 0 unspecified atom stereocenters. The third-order valence-electron chi connectivity index (χ3n) is 4.37. The Morgan fingerprint density at radius 3 is 2.46 bits per heavy atom. The van der Waals surface area contributed by atoms with Crippen molar-refractivity contribution in [1.82, 2.24) is 9.78 Å². The van der Waals surface area contributed by atoms with Gasteiger partial charge in [-0.25, -0.2) is 4.79 Å². The first kappa shape index (κ1) is 17.9. The Balaban J connectivity index is 2.03. The molecule has 0 spiro atoms. The maximum atomic E-state index is 11.6. The van der Waals surface area contributed by atoms with Crippen LogP contribution in [0, 0.1) is 0 Å². The number of aliphatic hydroxyl groups is 1. The number of hydrogen-bond donors (Lipinski definition) is 2. The van der Waals surface area contributed by atoms with Gasteiger partial charge >= 0.3 is 5.97 Å². The van der Waals surface area contributed by atoms with E-state index in [1.165, 1.54) is 0 Å². The van der Waals surface area contributed by atoms with Crippen LogP contribution in [0.3, 0.4) is 0 Å². The molecule has 0 fully saturated rings. The molecular formula is C21H22N2O3. The van der Waals surface area contributed by atoms with Crippen LogP contribution in [-0.4, -0.2) is 26.0 Å². The number of carboxylic acids is 1. The molecule has 0 radical (unpaired) electrons. The zero-order chi connectivity index (χ0) is 18.5. The molecule has 1 aromatic heterocycles. The van der Waals surface area contributed by atoms with Crippen LogP contribution in [0.25, 0.3) is 11.1 Å². The highest BCUT2D eigenvalue weighted by atomic mass is 16.4. The van der Waals surface area contributed by atoms with Crippen molar-refractivity contribution in [3.63, 3.8) is 0 Å². The Kier molecular flexibility index (Phi) is 5.49. The van der Waals surface area contributed by atoms with E-state index in [4.69, 9.17) is 0 Å². The summed E-state index contributed by atoms with van der Waals surface area (Å²) in [6, 6.07) is 16.6. The average molecular weight is 350 g/mol. The number of nitrogens with zero attached hydrogens (tertiary/aromatic N) is 2. The Morgan fingerprint density at radius 1 is 1.08 bits per heavy atom. The lowest BCUT2D eigenvalue weighted by molar-refractivity contribution is 0.0697. The summed E-state index contributed by atoms with van der Waals surface area (Å²) in [7, 11) is 0. The highest BCUT2D eigenvalue weighted by Crippen LogP contribution is 2.28.